The minimum Gasteiger partial charge on any atom is -0.508 e. The average Bonchev–Trinajstić information content (AvgIpc) is 2.43. The molecule has 1 heterocycles. The van der Waals surface area contributed by atoms with Gasteiger partial charge < -0.3 is 19.0 Å². The Labute approximate surface area is 115 Å². The number of aromatic hydroxyl groups is 1. The van der Waals surface area contributed by atoms with Gasteiger partial charge in [0.15, 0.2) is 11.5 Å². The molecule has 20 heavy (non-hydrogen) atoms. The summed E-state index contributed by atoms with van der Waals surface area (Å²) in [6, 6.07) is 7.76. The van der Waals surface area contributed by atoms with Crippen molar-refractivity contribution in [1.29, 1.82) is 0 Å². The van der Waals surface area contributed by atoms with Gasteiger partial charge in [0.25, 0.3) is 0 Å². The summed E-state index contributed by atoms with van der Waals surface area (Å²) in [6.45, 7) is 0. The molecule has 0 radical (unpaired) electrons. The van der Waals surface area contributed by atoms with Gasteiger partial charge in [-0.2, -0.15) is 0 Å². The molecule has 1 aromatic heterocycles. The van der Waals surface area contributed by atoms with Crippen molar-refractivity contribution in [2.45, 2.75) is 0 Å². The van der Waals surface area contributed by atoms with Gasteiger partial charge in [-0.1, -0.05) is 12.1 Å². The van der Waals surface area contributed by atoms with E-state index >= 15 is 0 Å². The van der Waals surface area contributed by atoms with Gasteiger partial charge >= 0.3 is 5.63 Å². The van der Waals surface area contributed by atoms with Gasteiger partial charge in [-0.05, 0) is 23.8 Å². The number of hydrogen-bond acceptors (Lipinski definition) is 5. The Morgan fingerprint density at radius 1 is 1.05 bits per heavy atom. The van der Waals surface area contributed by atoms with Crippen molar-refractivity contribution in [1.82, 2.24) is 0 Å². The second-order valence-corrected chi connectivity index (χ2v) is 3.98. The highest BCUT2D eigenvalue weighted by atomic mass is 16.5. The standard InChI is InChI=1S/C15H14O5/c1-18-13-6-4-10(7-14(13)19-2)3-5-12-8-11(16)9-15(17)20-12/h3-9,16H,1-2H3. The first-order valence-electron chi connectivity index (χ1n) is 5.86. The molecule has 1 N–H and O–H groups in total. The van der Waals surface area contributed by atoms with Crippen LogP contribution in [0.2, 0.25) is 0 Å². The summed E-state index contributed by atoms with van der Waals surface area (Å²) in [5.41, 5.74) is 0.241. The number of rotatable bonds is 4. The molecule has 0 fully saturated rings. The third-order valence-electron chi connectivity index (χ3n) is 2.62. The van der Waals surface area contributed by atoms with Crippen LogP contribution in [0.4, 0.5) is 0 Å². The molecule has 104 valence electrons. The Hall–Kier alpha value is -2.69. The highest BCUT2D eigenvalue weighted by molar-refractivity contribution is 5.69. The normalized spacial score (nSPS) is 10.7. The highest BCUT2D eigenvalue weighted by Crippen LogP contribution is 2.28. The second-order valence-electron chi connectivity index (χ2n) is 3.98. The maximum absolute atomic E-state index is 11.1. The van der Waals surface area contributed by atoms with Crippen molar-refractivity contribution in [3.63, 3.8) is 0 Å². The molecule has 0 saturated carbocycles. The molecule has 5 heteroatoms. The largest absolute Gasteiger partial charge is 0.508 e. The smallest absolute Gasteiger partial charge is 0.339 e. The predicted molar refractivity (Wildman–Crippen MR) is 75.1 cm³/mol. The summed E-state index contributed by atoms with van der Waals surface area (Å²) in [7, 11) is 3.12. The fourth-order valence-electron chi connectivity index (χ4n) is 1.70. The van der Waals surface area contributed by atoms with Crippen LogP contribution in [-0.2, 0) is 0 Å². The molecule has 2 rings (SSSR count). The van der Waals surface area contributed by atoms with Crippen LogP contribution >= 0.6 is 0 Å². The van der Waals surface area contributed by atoms with Crippen LogP contribution in [0, 0.1) is 0 Å². The van der Waals surface area contributed by atoms with Gasteiger partial charge in [0.05, 0.1) is 20.3 Å². The molecular weight excluding hydrogens is 260 g/mol. The fraction of sp³-hybridized carbons (Fsp3) is 0.133. The number of methoxy groups -OCH3 is 2. The van der Waals surface area contributed by atoms with Gasteiger partial charge in [-0.15, -0.1) is 0 Å². The van der Waals surface area contributed by atoms with Crippen LogP contribution in [0.1, 0.15) is 11.3 Å². The Morgan fingerprint density at radius 2 is 1.80 bits per heavy atom. The van der Waals surface area contributed by atoms with Crippen molar-refractivity contribution < 1.29 is 19.0 Å². The minimum atomic E-state index is -0.600. The first kappa shape index (κ1) is 13.7. The average molecular weight is 274 g/mol. The quantitative estimate of drug-likeness (QED) is 0.927. The minimum absolute atomic E-state index is 0.131. The fourth-order valence-corrected chi connectivity index (χ4v) is 1.70. The van der Waals surface area contributed by atoms with E-state index in [4.69, 9.17) is 13.9 Å². The van der Waals surface area contributed by atoms with Crippen LogP contribution in [0.3, 0.4) is 0 Å². The summed E-state index contributed by atoms with van der Waals surface area (Å²) in [6.07, 6.45) is 3.32. The summed E-state index contributed by atoms with van der Waals surface area (Å²) < 4.78 is 15.3. The van der Waals surface area contributed by atoms with E-state index in [1.165, 1.54) is 6.07 Å². The van der Waals surface area contributed by atoms with Crippen molar-refractivity contribution in [2.75, 3.05) is 14.2 Å². The molecule has 0 saturated heterocycles. The van der Waals surface area contributed by atoms with Gasteiger partial charge in [0.2, 0.25) is 0 Å². The number of benzene rings is 1. The molecule has 5 nitrogen and oxygen atoms in total. The van der Waals surface area contributed by atoms with Crippen LogP contribution in [0.25, 0.3) is 12.2 Å². The zero-order valence-electron chi connectivity index (χ0n) is 11.1. The van der Waals surface area contributed by atoms with Gasteiger partial charge in [0, 0.05) is 6.07 Å². The summed E-state index contributed by atoms with van der Waals surface area (Å²) in [4.78, 5) is 11.1. The zero-order chi connectivity index (χ0) is 14.5. The van der Waals surface area contributed by atoms with Crippen molar-refractivity contribution in [3.8, 4) is 17.2 Å². The van der Waals surface area contributed by atoms with E-state index in [9.17, 15) is 9.90 Å². The van der Waals surface area contributed by atoms with Gasteiger partial charge in [0.1, 0.15) is 11.5 Å². The topological polar surface area (TPSA) is 68.9 Å². The van der Waals surface area contributed by atoms with Crippen LogP contribution in [0.5, 0.6) is 17.2 Å². The van der Waals surface area contributed by atoms with Crippen LogP contribution in [-0.4, -0.2) is 19.3 Å². The van der Waals surface area contributed by atoms with Gasteiger partial charge in [-0.25, -0.2) is 4.79 Å². The van der Waals surface area contributed by atoms with E-state index in [2.05, 4.69) is 0 Å². The first-order chi connectivity index (χ1) is 9.62. The lowest BCUT2D eigenvalue weighted by atomic mass is 10.1. The predicted octanol–water partition coefficient (Wildman–Crippen LogP) is 2.53. The van der Waals surface area contributed by atoms with E-state index in [-0.39, 0.29) is 11.5 Å². The summed E-state index contributed by atoms with van der Waals surface area (Å²) in [5.74, 6) is 1.37. The molecule has 2 aromatic rings. The van der Waals surface area contributed by atoms with E-state index in [0.717, 1.165) is 11.6 Å². The Morgan fingerprint density at radius 3 is 2.45 bits per heavy atom. The molecule has 0 aliphatic carbocycles. The monoisotopic (exact) mass is 274 g/mol. The zero-order valence-corrected chi connectivity index (χ0v) is 11.1. The third kappa shape index (κ3) is 3.20. The number of ether oxygens (including phenoxy) is 2. The second kappa shape index (κ2) is 5.97. The highest BCUT2D eigenvalue weighted by Gasteiger charge is 2.03. The lowest BCUT2D eigenvalue weighted by molar-refractivity contribution is 0.355. The Balaban J connectivity index is 2.29. The van der Waals surface area contributed by atoms with E-state index in [1.807, 2.05) is 6.07 Å². The molecule has 1 aromatic carbocycles. The third-order valence-corrected chi connectivity index (χ3v) is 2.62. The summed E-state index contributed by atoms with van der Waals surface area (Å²) >= 11 is 0. The van der Waals surface area contributed by atoms with Crippen LogP contribution in [0.15, 0.2) is 39.5 Å². The SMILES string of the molecule is COc1ccc(C=Cc2cc(O)cc(=O)o2)cc1OC. The van der Waals surface area contributed by atoms with E-state index < -0.39 is 5.63 Å². The van der Waals surface area contributed by atoms with Crippen molar-refractivity contribution >= 4 is 12.2 Å². The molecule has 0 bridgehead atoms. The van der Waals surface area contributed by atoms with Crippen LogP contribution < -0.4 is 15.1 Å². The molecule has 0 aliphatic rings. The molecule has 0 atom stereocenters. The molecule has 0 amide bonds. The Kier molecular flexibility index (Phi) is 4.10. The molecule has 0 spiro atoms. The molecule has 0 unspecified atom stereocenters. The maximum atomic E-state index is 11.1. The molecule has 0 aliphatic heterocycles. The first-order valence-corrected chi connectivity index (χ1v) is 5.86. The maximum Gasteiger partial charge on any atom is 0.339 e. The van der Waals surface area contributed by atoms with Crippen molar-refractivity contribution in [3.05, 3.63) is 52.1 Å². The van der Waals surface area contributed by atoms with Crippen molar-refractivity contribution in [2.24, 2.45) is 0 Å². The van der Waals surface area contributed by atoms with E-state index in [1.54, 1.807) is 38.5 Å². The lowest BCUT2D eigenvalue weighted by Crippen LogP contribution is -1.95. The van der Waals surface area contributed by atoms with E-state index in [0.29, 0.717) is 11.5 Å². The number of hydrogen-bond donors (Lipinski definition) is 1. The van der Waals surface area contributed by atoms with Gasteiger partial charge in [-0.3, -0.25) is 0 Å². The molecular formula is C15H14O5. The summed E-state index contributed by atoms with van der Waals surface area (Å²) in [5, 5.41) is 9.31. The lowest BCUT2D eigenvalue weighted by Gasteiger charge is -2.07. The Bertz CT molecular complexity index is 685.